The first-order chi connectivity index (χ1) is 16.4. The number of nitrogens with zero attached hydrogens (tertiary/aromatic N) is 3. The van der Waals surface area contributed by atoms with Crippen molar-refractivity contribution in [2.75, 3.05) is 12.4 Å². The molecule has 2 unspecified atom stereocenters. The fourth-order valence-electron chi connectivity index (χ4n) is 3.20. The number of anilines is 1. The lowest BCUT2D eigenvalue weighted by atomic mass is 10.2. The molecule has 2 aromatic carbocycles. The van der Waals surface area contributed by atoms with Crippen molar-refractivity contribution in [1.82, 2.24) is 14.8 Å². The molecule has 180 valence electrons. The van der Waals surface area contributed by atoms with Gasteiger partial charge >= 0.3 is 0 Å². The quantitative estimate of drug-likeness (QED) is 0.288. The third kappa shape index (κ3) is 5.93. The predicted octanol–water partition coefficient (Wildman–Crippen LogP) is 5.40. The van der Waals surface area contributed by atoms with Crippen LogP contribution in [0.4, 0.5) is 14.5 Å². The highest BCUT2D eigenvalue weighted by Crippen LogP contribution is 2.32. The molecule has 0 aliphatic rings. The van der Waals surface area contributed by atoms with E-state index in [1.165, 1.54) is 17.8 Å². The molecular formula is C24H26F2N4O3S. The monoisotopic (exact) mass is 488 g/mol. The van der Waals surface area contributed by atoms with Gasteiger partial charge in [0.15, 0.2) is 28.6 Å². The van der Waals surface area contributed by atoms with Crippen molar-refractivity contribution in [1.29, 1.82) is 0 Å². The lowest BCUT2D eigenvalue weighted by Gasteiger charge is -2.18. The van der Waals surface area contributed by atoms with Crippen LogP contribution in [0.1, 0.15) is 32.2 Å². The van der Waals surface area contributed by atoms with Gasteiger partial charge in [-0.3, -0.25) is 9.36 Å². The van der Waals surface area contributed by atoms with Gasteiger partial charge in [0.25, 0.3) is 0 Å². The number of carbonyl (C=O) groups is 1. The lowest BCUT2D eigenvalue weighted by Crippen LogP contribution is -2.25. The average Bonchev–Trinajstić information content (AvgIpc) is 3.22. The molecule has 1 heterocycles. The molecule has 0 spiro atoms. The van der Waals surface area contributed by atoms with E-state index < -0.39 is 28.9 Å². The maximum absolute atomic E-state index is 14.0. The molecule has 0 saturated heterocycles. The van der Waals surface area contributed by atoms with Crippen molar-refractivity contribution in [3.63, 3.8) is 0 Å². The number of benzene rings is 2. The largest absolute Gasteiger partial charge is 0.493 e. The van der Waals surface area contributed by atoms with Crippen LogP contribution in [0.2, 0.25) is 0 Å². The van der Waals surface area contributed by atoms with E-state index in [2.05, 4.69) is 22.1 Å². The van der Waals surface area contributed by atoms with Crippen molar-refractivity contribution >= 4 is 23.4 Å². The summed E-state index contributed by atoms with van der Waals surface area (Å²) < 4.78 is 40.3. The Bertz CT molecular complexity index is 1150. The van der Waals surface area contributed by atoms with Gasteiger partial charge in [-0.05, 0) is 37.6 Å². The minimum Gasteiger partial charge on any atom is -0.493 e. The molecule has 0 aliphatic carbocycles. The molecule has 3 rings (SSSR count). The Morgan fingerprint density at radius 2 is 1.97 bits per heavy atom. The van der Waals surface area contributed by atoms with Crippen LogP contribution in [0.3, 0.4) is 0 Å². The Morgan fingerprint density at radius 1 is 1.24 bits per heavy atom. The molecule has 3 aromatic rings. The molecule has 1 aromatic heterocycles. The van der Waals surface area contributed by atoms with Crippen LogP contribution in [0.25, 0.3) is 0 Å². The van der Waals surface area contributed by atoms with Gasteiger partial charge in [0.1, 0.15) is 11.6 Å². The number of nitrogens with one attached hydrogen (secondary N) is 1. The maximum atomic E-state index is 14.0. The van der Waals surface area contributed by atoms with E-state index in [9.17, 15) is 13.6 Å². The molecule has 34 heavy (non-hydrogen) atoms. The van der Waals surface area contributed by atoms with Crippen LogP contribution in [0.5, 0.6) is 11.5 Å². The number of amides is 1. The average molecular weight is 489 g/mol. The number of aromatic nitrogens is 3. The standard InChI is InChI=1S/C24H26F2N4O3S/c1-5-13-30-22(15(3)33-20-10-8-7-9-19(20)32-4)28-29-24(30)34-21(6-2)23(31)27-18-12-11-16(25)14-17(18)26/h5,7-12,14-15,21H,1,6,13H2,2-4H3,(H,27,31). The number of rotatable bonds is 11. The van der Waals surface area contributed by atoms with Gasteiger partial charge in [0.2, 0.25) is 5.91 Å². The minimum atomic E-state index is -0.840. The number of allylic oxidation sites excluding steroid dienone is 1. The second-order valence-corrected chi connectivity index (χ2v) is 8.45. The highest BCUT2D eigenvalue weighted by Gasteiger charge is 2.25. The Hall–Kier alpha value is -3.40. The van der Waals surface area contributed by atoms with Crippen LogP contribution < -0.4 is 14.8 Å². The molecular weight excluding hydrogens is 462 g/mol. The number of halogens is 2. The highest BCUT2D eigenvalue weighted by atomic mass is 32.2. The number of carbonyl (C=O) groups excluding carboxylic acids is 1. The number of methoxy groups -OCH3 is 1. The summed E-state index contributed by atoms with van der Waals surface area (Å²) in [5, 5.41) is 11.0. The third-order valence-corrected chi connectivity index (χ3v) is 6.24. The first kappa shape index (κ1) is 25.2. The second-order valence-electron chi connectivity index (χ2n) is 7.28. The van der Waals surface area contributed by atoms with Crippen molar-refractivity contribution in [3.05, 3.63) is 72.6 Å². The van der Waals surface area contributed by atoms with Gasteiger partial charge in [-0.25, -0.2) is 8.78 Å². The Labute approximate surface area is 201 Å². The molecule has 0 saturated carbocycles. The fourth-order valence-corrected chi connectivity index (χ4v) is 4.17. The highest BCUT2D eigenvalue weighted by molar-refractivity contribution is 8.00. The third-order valence-electron chi connectivity index (χ3n) is 4.89. The molecule has 0 bridgehead atoms. The van der Waals surface area contributed by atoms with E-state index in [4.69, 9.17) is 9.47 Å². The number of hydrogen-bond acceptors (Lipinski definition) is 6. The first-order valence-corrected chi connectivity index (χ1v) is 11.5. The van der Waals surface area contributed by atoms with E-state index in [0.717, 1.165) is 12.1 Å². The number of para-hydroxylation sites is 2. The molecule has 2 atom stereocenters. The SMILES string of the molecule is C=CCn1c(SC(CC)C(=O)Nc2ccc(F)cc2F)nnc1C(C)Oc1ccccc1OC. The summed E-state index contributed by atoms with van der Waals surface area (Å²) >= 11 is 1.20. The molecule has 0 fully saturated rings. The van der Waals surface area contributed by atoms with Gasteiger partial charge in [-0.1, -0.05) is 36.9 Å². The summed E-state index contributed by atoms with van der Waals surface area (Å²) in [5.41, 5.74) is -0.0856. The van der Waals surface area contributed by atoms with Gasteiger partial charge in [0, 0.05) is 12.6 Å². The normalized spacial score (nSPS) is 12.6. The zero-order chi connectivity index (χ0) is 24.7. The summed E-state index contributed by atoms with van der Waals surface area (Å²) in [6, 6.07) is 10.3. The Balaban J connectivity index is 1.79. The van der Waals surface area contributed by atoms with Crippen LogP contribution in [0.15, 0.2) is 60.3 Å². The summed E-state index contributed by atoms with van der Waals surface area (Å²) in [6.45, 7) is 7.87. The summed E-state index contributed by atoms with van der Waals surface area (Å²) in [4.78, 5) is 12.8. The van der Waals surface area contributed by atoms with Crippen LogP contribution in [-0.2, 0) is 11.3 Å². The van der Waals surface area contributed by atoms with Gasteiger partial charge < -0.3 is 14.8 Å². The zero-order valence-corrected chi connectivity index (χ0v) is 19.9. The summed E-state index contributed by atoms with van der Waals surface area (Å²) in [7, 11) is 1.57. The molecule has 10 heteroatoms. The summed E-state index contributed by atoms with van der Waals surface area (Å²) in [5.74, 6) is -0.278. The maximum Gasteiger partial charge on any atom is 0.238 e. The van der Waals surface area contributed by atoms with E-state index in [1.54, 1.807) is 25.3 Å². The molecule has 1 N–H and O–H groups in total. The Morgan fingerprint density at radius 3 is 2.62 bits per heavy atom. The van der Waals surface area contributed by atoms with Gasteiger partial charge in [0.05, 0.1) is 18.0 Å². The van der Waals surface area contributed by atoms with Gasteiger partial charge in [-0.2, -0.15) is 0 Å². The smallest absolute Gasteiger partial charge is 0.238 e. The molecule has 1 amide bonds. The number of thioether (sulfide) groups is 1. The zero-order valence-electron chi connectivity index (χ0n) is 19.1. The predicted molar refractivity (Wildman–Crippen MR) is 127 cm³/mol. The Kier molecular flexibility index (Phi) is 8.64. The van der Waals surface area contributed by atoms with Crippen LogP contribution >= 0.6 is 11.8 Å². The van der Waals surface area contributed by atoms with Crippen LogP contribution in [0, 0.1) is 11.6 Å². The minimum absolute atomic E-state index is 0.0856. The van der Waals surface area contributed by atoms with E-state index in [0.29, 0.717) is 35.4 Å². The number of hydrogen-bond donors (Lipinski definition) is 1. The summed E-state index contributed by atoms with van der Waals surface area (Å²) in [6.07, 6.45) is 1.67. The molecule has 0 aliphatic heterocycles. The fraction of sp³-hybridized carbons (Fsp3) is 0.292. The van der Waals surface area contributed by atoms with E-state index >= 15 is 0 Å². The van der Waals surface area contributed by atoms with Crippen molar-refractivity contribution in [3.8, 4) is 11.5 Å². The van der Waals surface area contributed by atoms with Crippen LogP contribution in [-0.4, -0.2) is 33.0 Å². The van der Waals surface area contributed by atoms with Gasteiger partial charge in [-0.15, -0.1) is 16.8 Å². The molecule has 0 radical (unpaired) electrons. The van der Waals surface area contributed by atoms with Crippen molar-refractivity contribution in [2.24, 2.45) is 0 Å². The van der Waals surface area contributed by atoms with Crippen molar-refractivity contribution in [2.45, 2.75) is 43.3 Å². The molecule has 7 nitrogen and oxygen atoms in total. The number of ether oxygens (including phenoxy) is 2. The topological polar surface area (TPSA) is 78.3 Å². The first-order valence-electron chi connectivity index (χ1n) is 10.6. The second kappa shape index (κ2) is 11.6. The van der Waals surface area contributed by atoms with E-state index in [1.807, 2.05) is 30.5 Å². The van der Waals surface area contributed by atoms with E-state index in [-0.39, 0.29) is 5.69 Å². The lowest BCUT2D eigenvalue weighted by molar-refractivity contribution is -0.115. The van der Waals surface area contributed by atoms with Crippen molar-refractivity contribution < 1.29 is 23.0 Å².